The summed E-state index contributed by atoms with van der Waals surface area (Å²) in [5.41, 5.74) is -0.0659. The van der Waals surface area contributed by atoms with Crippen LogP contribution in [0, 0.1) is 5.41 Å². The number of nitrogens with one attached hydrogen (secondary N) is 3. The Kier molecular flexibility index (Phi) is 8.68. The molecule has 0 aliphatic rings. The van der Waals surface area contributed by atoms with E-state index in [1.54, 1.807) is 44.9 Å². The number of hydrogen-bond acceptors (Lipinski definition) is 7. The van der Waals surface area contributed by atoms with Crippen molar-refractivity contribution in [2.75, 3.05) is 0 Å². The Hall–Kier alpha value is -3.04. The summed E-state index contributed by atoms with van der Waals surface area (Å²) in [6.07, 6.45) is 3.87. The number of ether oxygens (including phenoxy) is 1. The molecule has 0 aromatic carbocycles. The summed E-state index contributed by atoms with van der Waals surface area (Å²) >= 11 is 0. The monoisotopic (exact) mass is 407 g/mol. The molecule has 0 fully saturated rings. The minimum atomic E-state index is -1.09. The van der Waals surface area contributed by atoms with Gasteiger partial charge in [-0.1, -0.05) is 0 Å². The lowest BCUT2D eigenvalue weighted by atomic mass is 10.1. The van der Waals surface area contributed by atoms with Crippen LogP contribution in [-0.2, 0) is 37.4 Å². The molecular weight excluding hydrogens is 378 g/mol. The van der Waals surface area contributed by atoms with E-state index in [2.05, 4.69) is 15.6 Å². The molecule has 2 amide bonds. The number of esters is 1. The molecule has 1 rings (SSSR count). The Morgan fingerprint density at radius 2 is 1.90 bits per heavy atom. The summed E-state index contributed by atoms with van der Waals surface area (Å²) in [4.78, 5) is 52.3. The van der Waals surface area contributed by atoms with Crippen LogP contribution in [0.1, 0.15) is 46.2 Å². The molecule has 0 aliphatic heterocycles. The molecule has 0 saturated heterocycles. The van der Waals surface area contributed by atoms with Gasteiger partial charge in [-0.15, -0.1) is 0 Å². The van der Waals surface area contributed by atoms with Crippen molar-refractivity contribution < 1.29 is 23.9 Å². The van der Waals surface area contributed by atoms with Gasteiger partial charge in [0.2, 0.25) is 11.8 Å². The summed E-state index contributed by atoms with van der Waals surface area (Å²) < 4.78 is 7.05. The highest BCUT2D eigenvalue weighted by Gasteiger charge is 2.30. The number of carbonyl (C=O) groups excluding carboxylic acids is 4. The first-order valence-corrected chi connectivity index (χ1v) is 9.21. The van der Waals surface area contributed by atoms with Crippen LogP contribution < -0.4 is 10.6 Å². The van der Waals surface area contributed by atoms with Crippen molar-refractivity contribution in [3.8, 4) is 0 Å². The third-order valence-electron chi connectivity index (χ3n) is 3.87. The van der Waals surface area contributed by atoms with Crippen LogP contribution in [0.3, 0.4) is 0 Å². The fourth-order valence-electron chi connectivity index (χ4n) is 2.50. The number of imidazole rings is 1. The second-order valence-electron chi connectivity index (χ2n) is 7.70. The molecule has 1 aromatic heterocycles. The van der Waals surface area contributed by atoms with E-state index in [0.717, 1.165) is 0 Å². The number of nitrogens with zero attached hydrogens (tertiary/aromatic N) is 2. The van der Waals surface area contributed by atoms with E-state index < -0.39 is 41.3 Å². The predicted octanol–water partition coefficient (Wildman–Crippen LogP) is 0.293. The fourth-order valence-corrected chi connectivity index (χ4v) is 2.50. The summed E-state index contributed by atoms with van der Waals surface area (Å²) in [6, 6.07) is -2.03. The average molecular weight is 407 g/mol. The third kappa shape index (κ3) is 8.67. The molecule has 29 heavy (non-hydrogen) atoms. The first-order valence-electron chi connectivity index (χ1n) is 9.21. The molecule has 0 radical (unpaired) electrons. The molecule has 10 nitrogen and oxygen atoms in total. The summed E-state index contributed by atoms with van der Waals surface area (Å²) in [5, 5.41) is 12.1. The highest BCUT2D eigenvalue weighted by Crippen LogP contribution is 2.12. The number of aryl methyl sites for hydroxylation is 1. The van der Waals surface area contributed by atoms with Crippen LogP contribution in [0.15, 0.2) is 12.5 Å². The number of carbonyl (C=O) groups is 4. The molecule has 160 valence electrons. The molecule has 1 aromatic rings. The van der Waals surface area contributed by atoms with Crippen LogP contribution in [-0.4, -0.2) is 57.0 Å². The Morgan fingerprint density at radius 1 is 1.24 bits per heavy atom. The second kappa shape index (κ2) is 10.5. The van der Waals surface area contributed by atoms with Gasteiger partial charge < -0.3 is 25.3 Å². The topological polar surface area (TPSA) is 143 Å². The minimum absolute atomic E-state index is 0.0205. The van der Waals surface area contributed by atoms with E-state index in [9.17, 15) is 19.2 Å². The summed E-state index contributed by atoms with van der Waals surface area (Å²) in [7, 11) is 1.76. The van der Waals surface area contributed by atoms with Gasteiger partial charge in [0.15, 0.2) is 5.78 Å². The third-order valence-corrected chi connectivity index (χ3v) is 3.87. The highest BCUT2D eigenvalue weighted by atomic mass is 16.6. The SMILES string of the molecule is CC(=O)N[C@@H](Cc1cncn1C)C(=O)N[C@@H](CCC(=O)C=N)C(=O)OC(C)(C)C. The van der Waals surface area contributed by atoms with Crippen molar-refractivity contribution in [2.24, 2.45) is 7.05 Å². The zero-order valence-corrected chi connectivity index (χ0v) is 17.4. The maximum Gasteiger partial charge on any atom is 0.329 e. The smallest absolute Gasteiger partial charge is 0.329 e. The van der Waals surface area contributed by atoms with E-state index >= 15 is 0 Å². The number of amides is 2. The first-order chi connectivity index (χ1) is 13.4. The van der Waals surface area contributed by atoms with Crippen molar-refractivity contribution in [3.05, 3.63) is 18.2 Å². The van der Waals surface area contributed by atoms with E-state index in [4.69, 9.17) is 10.1 Å². The molecule has 0 unspecified atom stereocenters. The summed E-state index contributed by atoms with van der Waals surface area (Å²) in [5.74, 6) is -2.15. The van der Waals surface area contributed by atoms with Crippen LogP contribution in [0.4, 0.5) is 0 Å². The largest absolute Gasteiger partial charge is 0.458 e. The van der Waals surface area contributed by atoms with Gasteiger partial charge in [0.05, 0.1) is 12.5 Å². The zero-order valence-electron chi connectivity index (χ0n) is 17.4. The molecule has 3 N–H and O–H groups in total. The normalized spacial score (nSPS) is 13.1. The van der Waals surface area contributed by atoms with Crippen molar-refractivity contribution in [3.63, 3.8) is 0 Å². The van der Waals surface area contributed by atoms with Crippen molar-refractivity contribution in [1.82, 2.24) is 20.2 Å². The van der Waals surface area contributed by atoms with E-state index in [1.165, 1.54) is 6.92 Å². The van der Waals surface area contributed by atoms with Crippen LogP contribution >= 0.6 is 0 Å². The molecule has 0 bridgehead atoms. The fraction of sp³-hybridized carbons (Fsp3) is 0.579. The Balaban J connectivity index is 2.97. The van der Waals surface area contributed by atoms with Gasteiger partial charge in [-0.2, -0.15) is 0 Å². The lowest BCUT2D eigenvalue weighted by molar-refractivity contribution is -0.159. The molecule has 10 heteroatoms. The lowest BCUT2D eigenvalue weighted by Crippen LogP contribution is -2.53. The maximum absolute atomic E-state index is 12.8. The standard InChI is InChI=1S/C19H29N5O5/c1-12(25)22-16(8-13-10-21-11-24(13)5)17(27)23-15(7-6-14(26)9-20)18(28)29-19(2,3)4/h9-11,15-16,20H,6-8H2,1-5H3,(H,22,25)(H,23,27)/t15-,16-/m0/s1. The van der Waals surface area contributed by atoms with E-state index in [0.29, 0.717) is 11.9 Å². The Bertz CT molecular complexity index is 765. The van der Waals surface area contributed by atoms with Crippen LogP contribution in [0.5, 0.6) is 0 Å². The van der Waals surface area contributed by atoms with Gasteiger partial charge in [-0.25, -0.2) is 9.78 Å². The molecule has 1 heterocycles. The molecule has 0 saturated carbocycles. The van der Waals surface area contributed by atoms with Gasteiger partial charge in [-0.3, -0.25) is 14.4 Å². The highest BCUT2D eigenvalue weighted by molar-refractivity contribution is 6.26. The maximum atomic E-state index is 12.8. The first kappa shape index (κ1) is 24.0. The van der Waals surface area contributed by atoms with E-state index in [1.807, 2.05) is 0 Å². The quantitative estimate of drug-likeness (QED) is 0.376. The number of hydrogen-bond donors (Lipinski definition) is 3. The second-order valence-corrected chi connectivity index (χ2v) is 7.70. The predicted molar refractivity (Wildman–Crippen MR) is 105 cm³/mol. The Morgan fingerprint density at radius 3 is 2.38 bits per heavy atom. The zero-order chi connectivity index (χ0) is 22.2. The summed E-state index contributed by atoms with van der Waals surface area (Å²) in [6.45, 7) is 6.36. The minimum Gasteiger partial charge on any atom is -0.458 e. The van der Waals surface area contributed by atoms with Gasteiger partial charge >= 0.3 is 5.97 Å². The lowest BCUT2D eigenvalue weighted by Gasteiger charge is -2.26. The Labute approximate surface area is 169 Å². The molecule has 0 spiro atoms. The molecule has 2 atom stereocenters. The number of aromatic nitrogens is 2. The van der Waals surface area contributed by atoms with Crippen molar-refractivity contribution in [2.45, 2.75) is 64.6 Å². The number of ketones is 1. The molecule has 0 aliphatic carbocycles. The van der Waals surface area contributed by atoms with Crippen LogP contribution in [0.25, 0.3) is 0 Å². The van der Waals surface area contributed by atoms with Crippen molar-refractivity contribution >= 4 is 29.8 Å². The van der Waals surface area contributed by atoms with Gasteiger partial charge in [0, 0.05) is 38.7 Å². The van der Waals surface area contributed by atoms with Crippen molar-refractivity contribution in [1.29, 1.82) is 5.41 Å². The number of Topliss-reactive ketones (excluding diaryl/α,β-unsaturated/α-hetero) is 1. The van der Waals surface area contributed by atoms with Gasteiger partial charge in [0.25, 0.3) is 0 Å². The van der Waals surface area contributed by atoms with Gasteiger partial charge in [0.1, 0.15) is 17.7 Å². The van der Waals surface area contributed by atoms with E-state index in [-0.39, 0.29) is 19.3 Å². The number of rotatable bonds is 10. The van der Waals surface area contributed by atoms with Gasteiger partial charge in [-0.05, 0) is 27.2 Å². The average Bonchev–Trinajstić information content (AvgIpc) is 3.00. The van der Waals surface area contributed by atoms with Crippen LogP contribution in [0.2, 0.25) is 0 Å². The molecular formula is C19H29N5O5.